The van der Waals surface area contributed by atoms with Gasteiger partial charge in [-0.1, -0.05) is 23.2 Å². The minimum Gasteiger partial charge on any atom is -0.347 e. The molecular formula is C11H12Cl3NO3S. The van der Waals surface area contributed by atoms with Crippen LogP contribution in [0.2, 0.25) is 10.0 Å². The number of amides is 1. The summed E-state index contributed by atoms with van der Waals surface area (Å²) in [5.74, 6) is -0.504. The fraction of sp³-hybridized carbons (Fsp3) is 0.364. The van der Waals surface area contributed by atoms with Crippen LogP contribution in [0, 0.1) is 0 Å². The van der Waals surface area contributed by atoms with Crippen LogP contribution in [0.25, 0.3) is 0 Å². The van der Waals surface area contributed by atoms with Crippen LogP contribution < -0.4 is 5.32 Å². The van der Waals surface area contributed by atoms with Gasteiger partial charge in [-0.25, -0.2) is 8.42 Å². The molecule has 8 heteroatoms. The van der Waals surface area contributed by atoms with Gasteiger partial charge in [0.05, 0.1) is 15.6 Å². The number of hydrogen-bond acceptors (Lipinski definition) is 3. The molecule has 0 aliphatic heterocycles. The molecule has 0 saturated heterocycles. The first-order chi connectivity index (χ1) is 8.42. The van der Waals surface area contributed by atoms with Crippen molar-refractivity contribution < 1.29 is 13.2 Å². The first kappa shape index (κ1) is 16.6. The molecule has 0 aliphatic carbocycles. The second kappa shape index (κ2) is 5.48. The smallest absolute Gasteiger partial charge is 0.262 e. The van der Waals surface area contributed by atoms with E-state index < -0.39 is 20.5 Å². The molecular weight excluding hydrogens is 333 g/mol. The quantitative estimate of drug-likeness (QED) is 0.836. The van der Waals surface area contributed by atoms with Gasteiger partial charge in [-0.2, -0.15) is 0 Å². The van der Waals surface area contributed by atoms with Crippen molar-refractivity contribution in [1.82, 2.24) is 5.32 Å². The predicted octanol–water partition coefficient (Wildman–Crippen LogP) is 3.45. The van der Waals surface area contributed by atoms with Crippen LogP contribution >= 0.6 is 33.9 Å². The molecule has 0 saturated carbocycles. The van der Waals surface area contributed by atoms with Gasteiger partial charge in [-0.3, -0.25) is 4.79 Å². The van der Waals surface area contributed by atoms with E-state index in [1.807, 2.05) is 0 Å². The average Bonchev–Trinajstić information content (AvgIpc) is 2.11. The van der Waals surface area contributed by atoms with Gasteiger partial charge in [0.2, 0.25) is 0 Å². The Morgan fingerprint density at radius 3 is 2.11 bits per heavy atom. The lowest BCUT2D eigenvalue weighted by Gasteiger charge is -2.21. The summed E-state index contributed by atoms with van der Waals surface area (Å²) in [6.45, 7) is 5.36. The van der Waals surface area contributed by atoms with Gasteiger partial charge in [0.1, 0.15) is 4.90 Å². The first-order valence-corrected chi connectivity index (χ1v) is 8.24. The molecule has 1 amide bonds. The highest BCUT2D eigenvalue weighted by molar-refractivity contribution is 8.13. The number of nitrogens with one attached hydrogen (secondary N) is 1. The molecule has 0 spiro atoms. The Morgan fingerprint density at radius 2 is 1.68 bits per heavy atom. The second-order valence-electron chi connectivity index (χ2n) is 4.90. The molecule has 19 heavy (non-hydrogen) atoms. The van der Waals surface area contributed by atoms with Crippen molar-refractivity contribution in [3.8, 4) is 0 Å². The maximum Gasteiger partial charge on any atom is 0.262 e. The molecule has 0 aromatic heterocycles. The van der Waals surface area contributed by atoms with E-state index in [0.717, 1.165) is 6.07 Å². The van der Waals surface area contributed by atoms with Crippen molar-refractivity contribution in [3.63, 3.8) is 0 Å². The summed E-state index contributed by atoms with van der Waals surface area (Å²) in [6.07, 6.45) is 0. The molecule has 106 valence electrons. The average molecular weight is 345 g/mol. The SMILES string of the molecule is CC(C)(C)NC(=O)c1cc(S(=O)(=O)Cl)c(Cl)cc1Cl. The molecule has 1 rings (SSSR count). The lowest BCUT2D eigenvalue weighted by Crippen LogP contribution is -2.40. The highest BCUT2D eigenvalue weighted by Gasteiger charge is 2.23. The molecule has 4 nitrogen and oxygen atoms in total. The van der Waals surface area contributed by atoms with Gasteiger partial charge in [-0.15, -0.1) is 0 Å². The Bertz CT molecular complexity index is 621. The third kappa shape index (κ3) is 4.53. The number of carbonyl (C=O) groups excluding carboxylic acids is 1. The van der Waals surface area contributed by atoms with E-state index in [0.29, 0.717) is 0 Å². The predicted molar refractivity (Wildman–Crippen MR) is 76.7 cm³/mol. The zero-order valence-corrected chi connectivity index (χ0v) is 13.5. The van der Waals surface area contributed by atoms with Crippen LogP contribution in [0.1, 0.15) is 31.1 Å². The van der Waals surface area contributed by atoms with Crippen molar-refractivity contribution in [3.05, 3.63) is 27.7 Å². The summed E-state index contributed by atoms with van der Waals surface area (Å²) in [4.78, 5) is 11.6. The number of carbonyl (C=O) groups is 1. The minimum atomic E-state index is -4.05. The van der Waals surface area contributed by atoms with Crippen molar-refractivity contribution in [1.29, 1.82) is 0 Å². The summed E-state index contributed by atoms with van der Waals surface area (Å²) in [5, 5.41) is 2.59. The number of hydrogen-bond donors (Lipinski definition) is 1. The van der Waals surface area contributed by atoms with Crippen molar-refractivity contribution in [2.75, 3.05) is 0 Å². The number of benzene rings is 1. The van der Waals surface area contributed by atoms with Crippen LogP contribution in [0.3, 0.4) is 0 Å². The molecule has 1 aromatic carbocycles. The monoisotopic (exact) mass is 343 g/mol. The van der Waals surface area contributed by atoms with Gasteiger partial charge in [0, 0.05) is 16.2 Å². The molecule has 1 aromatic rings. The highest BCUT2D eigenvalue weighted by atomic mass is 35.7. The Kier molecular flexibility index (Phi) is 4.78. The van der Waals surface area contributed by atoms with Gasteiger partial charge < -0.3 is 5.32 Å². The minimum absolute atomic E-state index is 0.000201. The fourth-order valence-electron chi connectivity index (χ4n) is 1.30. The molecule has 0 fully saturated rings. The van der Waals surface area contributed by atoms with E-state index in [1.165, 1.54) is 6.07 Å². The third-order valence-corrected chi connectivity index (χ3v) is 4.12. The highest BCUT2D eigenvalue weighted by Crippen LogP contribution is 2.30. The van der Waals surface area contributed by atoms with Crippen molar-refractivity contribution in [2.24, 2.45) is 0 Å². The molecule has 1 N–H and O–H groups in total. The van der Waals surface area contributed by atoms with Gasteiger partial charge in [0.25, 0.3) is 15.0 Å². The second-order valence-corrected chi connectivity index (χ2v) is 8.25. The van der Waals surface area contributed by atoms with E-state index in [4.69, 9.17) is 33.9 Å². The van der Waals surface area contributed by atoms with Crippen LogP contribution in [0.15, 0.2) is 17.0 Å². The zero-order chi connectivity index (χ0) is 15.0. The Balaban J connectivity index is 3.34. The van der Waals surface area contributed by atoms with E-state index >= 15 is 0 Å². The molecule has 0 aliphatic rings. The lowest BCUT2D eigenvalue weighted by atomic mass is 10.1. The molecule has 0 bridgehead atoms. The summed E-state index contributed by atoms with van der Waals surface area (Å²) in [7, 11) is 1.19. The maximum absolute atomic E-state index is 12.0. The number of halogens is 3. The van der Waals surface area contributed by atoms with E-state index in [9.17, 15) is 13.2 Å². The molecule has 0 heterocycles. The van der Waals surface area contributed by atoms with E-state index in [1.54, 1.807) is 20.8 Å². The van der Waals surface area contributed by atoms with Gasteiger partial charge in [0.15, 0.2) is 0 Å². The Hall–Kier alpha value is -0.490. The van der Waals surface area contributed by atoms with E-state index in [-0.39, 0.29) is 20.5 Å². The van der Waals surface area contributed by atoms with Crippen molar-refractivity contribution in [2.45, 2.75) is 31.2 Å². The maximum atomic E-state index is 12.0. The van der Waals surface area contributed by atoms with Gasteiger partial charge in [-0.05, 0) is 32.9 Å². The number of rotatable bonds is 2. The zero-order valence-electron chi connectivity index (χ0n) is 10.4. The summed E-state index contributed by atoms with van der Waals surface area (Å²) >= 11 is 11.6. The largest absolute Gasteiger partial charge is 0.347 e. The normalized spacial score (nSPS) is 12.3. The summed E-state index contributed by atoms with van der Waals surface area (Å²) in [5.41, 5.74) is -0.486. The van der Waals surface area contributed by atoms with Crippen LogP contribution in [0.5, 0.6) is 0 Å². The Labute approximate surface area is 126 Å². The lowest BCUT2D eigenvalue weighted by molar-refractivity contribution is 0.0919. The molecule has 0 atom stereocenters. The van der Waals surface area contributed by atoms with Crippen LogP contribution in [-0.2, 0) is 9.05 Å². The molecule has 0 radical (unpaired) electrons. The summed E-state index contributed by atoms with van der Waals surface area (Å²) in [6, 6.07) is 2.24. The van der Waals surface area contributed by atoms with Crippen molar-refractivity contribution >= 4 is 48.8 Å². The molecule has 0 unspecified atom stereocenters. The summed E-state index contributed by atoms with van der Waals surface area (Å²) < 4.78 is 22.7. The van der Waals surface area contributed by atoms with Crippen LogP contribution in [0.4, 0.5) is 0 Å². The van der Waals surface area contributed by atoms with Crippen LogP contribution in [-0.4, -0.2) is 19.9 Å². The van der Waals surface area contributed by atoms with Gasteiger partial charge >= 0.3 is 0 Å². The topological polar surface area (TPSA) is 63.2 Å². The fourth-order valence-corrected chi connectivity index (χ4v) is 3.12. The standard InChI is InChI=1S/C11H12Cl3NO3S/c1-11(2,3)15-10(16)6-4-9(19(14,17)18)8(13)5-7(6)12/h4-5H,1-3H3,(H,15,16). The first-order valence-electron chi connectivity index (χ1n) is 5.18. The Morgan fingerprint density at radius 1 is 1.16 bits per heavy atom. The van der Waals surface area contributed by atoms with E-state index in [2.05, 4.69) is 5.32 Å². The third-order valence-electron chi connectivity index (χ3n) is 2.02.